The Kier molecular flexibility index (Phi) is 7.25. The molecule has 0 radical (unpaired) electrons. The van der Waals surface area contributed by atoms with Gasteiger partial charge in [-0.2, -0.15) is 0 Å². The van der Waals surface area contributed by atoms with Crippen molar-refractivity contribution in [3.05, 3.63) is 60.2 Å². The SMILES string of the molecule is COc1ccccc1NC(=S)N[C@@H](C)[C@H](c1ccccc1)[NH+]1CC[NH+](C)CC1. The minimum atomic E-state index is 0.200. The summed E-state index contributed by atoms with van der Waals surface area (Å²) in [6, 6.07) is 19.2. The zero-order valence-corrected chi connectivity index (χ0v) is 17.8. The Morgan fingerprint density at radius 3 is 2.32 bits per heavy atom. The number of likely N-dealkylation sites (N-methyl/N-ethyl adjacent to an activating group) is 1. The second-order valence-electron chi connectivity index (χ2n) is 7.59. The third kappa shape index (κ3) is 5.22. The Hall–Kier alpha value is -2.15. The molecule has 0 unspecified atom stereocenters. The summed E-state index contributed by atoms with van der Waals surface area (Å²) < 4.78 is 5.42. The topological polar surface area (TPSA) is 42.2 Å². The van der Waals surface area contributed by atoms with Gasteiger partial charge in [-0.05, 0) is 31.3 Å². The van der Waals surface area contributed by atoms with Crippen molar-refractivity contribution < 1.29 is 14.5 Å². The first-order chi connectivity index (χ1) is 13.6. The molecule has 1 heterocycles. The second kappa shape index (κ2) is 9.87. The van der Waals surface area contributed by atoms with Crippen LogP contribution < -0.4 is 25.2 Å². The van der Waals surface area contributed by atoms with Crippen molar-refractivity contribution in [3.8, 4) is 5.75 Å². The number of ether oxygens (including phenoxy) is 1. The van der Waals surface area contributed by atoms with Crippen molar-refractivity contribution in [2.75, 3.05) is 45.7 Å². The molecule has 2 atom stereocenters. The number of benzene rings is 2. The van der Waals surface area contributed by atoms with E-state index in [0.717, 1.165) is 11.4 Å². The molecule has 0 aromatic heterocycles. The minimum absolute atomic E-state index is 0.200. The zero-order valence-electron chi connectivity index (χ0n) is 17.0. The largest absolute Gasteiger partial charge is 0.495 e. The van der Waals surface area contributed by atoms with E-state index in [2.05, 4.69) is 54.9 Å². The summed E-state index contributed by atoms with van der Waals surface area (Å²) in [4.78, 5) is 3.24. The van der Waals surface area contributed by atoms with Gasteiger partial charge in [0.25, 0.3) is 0 Å². The van der Waals surface area contributed by atoms with E-state index in [0.29, 0.717) is 11.2 Å². The number of para-hydroxylation sites is 2. The number of rotatable bonds is 6. The Balaban J connectivity index is 1.72. The van der Waals surface area contributed by atoms with Gasteiger partial charge in [0.15, 0.2) is 5.11 Å². The molecule has 2 aromatic rings. The van der Waals surface area contributed by atoms with Crippen molar-refractivity contribution in [3.63, 3.8) is 0 Å². The first-order valence-electron chi connectivity index (χ1n) is 10.00. The lowest BCUT2D eigenvalue weighted by atomic mass is 9.98. The van der Waals surface area contributed by atoms with Gasteiger partial charge in [-0.1, -0.05) is 42.5 Å². The molecule has 2 aromatic carbocycles. The van der Waals surface area contributed by atoms with Crippen LogP contribution in [0.2, 0.25) is 0 Å². The Morgan fingerprint density at radius 2 is 1.64 bits per heavy atom. The molecule has 0 spiro atoms. The molecular formula is C22H32N4OS+2. The monoisotopic (exact) mass is 400 g/mol. The number of piperazine rings is 1. The van der Waals surface area contributed by atoms with Crippen LogP contribution in [0, 0.1) is 0 Å². The fourth-order valence-electron chi connectivity index (χ4n) is 4.04. The molecule has 5 nitrogen and oxygen atoms in total. The second-order valence-corrected chi connectivity index (χ2v) is 8.00. The van der Waals surface area contributed by atoms with E-state index in [4.69, 9.17) is 17.0 Å². The van der Waals surface area contributed by atoms with E-state index < -0.39 is 0 Å². The van der Waals surface area contributed by atoms with Crippen LogP contribution in [-0.4, -0.2) is 51.5 Å². The van der Waals surface area contributed by atoms with Gasteiger partial charge in [-0.15, -0.1) is 0 Å². The Labute approximate surface area is 173 Å². The van der Waals surface area contributed by atoms with Gasteiger partial charge in [0, 0.05) is 5.56 Å². The quantitative estimate of drug-likeness (QED) is 0.534. The number of quaternary nitrogens is 2. The summed E-state index contributed by atoms with van der Waals surface area (Å²) in [5.41, 5.74) is 2.23. The normalized spacial score (nSPS) is 21.4. The summed E-state index contributed by atoms with van der Waals surface area (Å²) in [5, 5.41) is 7.44. The minimum Gasteiger partial charge on any atom is -0.495 e. The highest BCUT2D eigenvalue weighted by Crippen LogP contribution is 2.23. The van der Waals surface area contributed by atoms with Gasteiger partial charge in [-0.3, -0.25) is 0 Å². The van der Waals surface area contributed by atoms with Gasteiger partial charge < -0.3 is 25.2 Å². The van der Waals surface area contributed by atoms with E-state index >= 15 is 0 Å². The van der Waals surface area contributed by atoms with Gasteiger partial charge in [0.2, 0.25) is 0 Å². The van der Waals surface area contributed by atoms with Crippen molar-refractivity contribution in [2.24, 2.45) is 0 Å². The third-order valence-electron chi connectivity index (χ3n) is 5.56. The first-order valence-corrected chi connectivity index (χ1v) is 10.4. The lowest BCUT2D eigenvalue weighted by Crippen LogP contribution is -3.27. The summed E-state index contributed by atoms with van der Waals surface area (Å²) in [5.74, 6) is 0.784. The van der Waals surface area contributed by atoms with Crippen molar-refractivity contribution in [1.29, 1.82) is 0 Å². The summed E-state index contributed by atoms with van der Waals surface area (Å²) in [7, 11) is 3.95. The molecular weight excluding hydrogens is 368 g/mol. The highest BCUT2D eigenvalue weighted by Gasteiger charge is 2.33. The molecule has 0 amide bonds. The molecule has 3 rings (SSSR count). The number of anilines is 1. The van der Waals surface area contributed by atoms with E-state index in [1.165, 1.54) is 31.7 Å². The Morgan fingerprint density at radius 1 is 1.00 bits per heavy atom. The number of hydrogen-bond donors (Lipinski definition) is 4. The van der Waals surface area contributed by atoms with Crippen molar-refractivity contribution >= 4 is 23.0 Å². The van der Waals surface area contributed by atoms with Gasteiger partial charge in [-0.25, -0.2) is 0 Å². The molecule has 6 heteroatoms. The molecule has 28 heavy (non-hydrogen) atoms. The smallest absolute Gasteiger partial charge is 0.171 e. The predicted octanol–water partition coefficient (Wildman–Crippen LogP) is 0.525. The molecule has 0 bridgehead atoms. The lowest BCUT2D eigenvalue weighted by molar-refractivity contribution is -1.02. The summed E-state index contributed by atoms with van der Waals surface area (Å²) >= 11 is 5.62. The maximum Gasteiger partial charge on any atom is 0.171 e. The standard InChI is InChI=1S/C22H30N4OS/c1-17(23-22(28)24-19-11-7-8-12-20(19)27-3)21(18-9-5-4-6-10-18)26-15-13-25(2)14-16-26/h4-12,17,21H,13-16H2,1-3H3,(H2,23,24,28)/p+2/t17-,21+/m0/s1. The third-order valence-corrected chi connectivity index (χ3v) is 5.78. The van der Waals surface area contributed by atoms with Gasteiger partial charge >= 0.3 is 0 Å². The lowest BCUT2D eigenvalue weighted by Gasteiger charge is -2.37. The van der Waals surface area contributed by atoms with Crippen LogP contribution in [0.5, 0.6) is 5.75 Å². The fourth-order valence-corrected chi connectivity index (χ4v) is 4.34. The molecule has 4 N–H and O–H groups in total. The molecule has 1 aliphatic rings. The number of methoxy groups -OCH3 is 1. The van der Waals surface area contributed by atoms with Crippen molar-refractivity contribution in [2.45, 2.75) is 19.0 Å². The zero-order chi connectivity index (χ0) is 19.9. The molecule has 150 valence electrons. The van der Waals surface area contributed by atoms with Crippen LogP contribution in [0.15, 0.2) is 54.6 Å². The van der Waals surface area contributed by atoms with E-state index in [1.807, 2.05) is 24.3 Å². The average molecular weight is 401 g/mol. The highest BCUT2D eigenvalue weighted by atomic mass is 32.1. The van der Waals surface area contributed by atoms with Gasteiger partial charge in [0.05, 0.1) is 25.9 Å². The maximum atomic E-state index is 5.62. The molecule has 1 fully saturated rings. The van der Waals surface area contributed by atoms with E-state index in [1.54, 1.807) is 16.9 Å². The highest BCUT2D eigenvalue weighted by molar-refractivity contribution is 7.80. The predicted molar refractivity (Wildman–Crippen MR) is 118 cm³/mol. The number of hydrogen-bond acceptors (Lipinski definition) is 2. The Bertz CT molecular complexity index is 762. The maximum absolute atomic E-state index is 5.62. The van der Waals surface area contributed by atoms with E-state index in [9.17, 15) is 0 Å². The van der Waals surface area contributed by atoms with Crippen LogP contribution in [0.1, 0.15) is 18.5 Å². The molecule has 1 aliphatic heterocycles. The molecule has 1 saturated heterocycles. The number of nitrogens with one attached hydrogen (secondary N) is 4. The van der Waals surface area contributed by atoms with Crippen molar-refractivity contribution in [1.82, 2.24) is 5.32 Å². The van der Waals surface area contributed by atoms with Crippen LogP contribution in [0.3, 0.4) is 0 Å². The van der Waals surface area contributed by atoms with Crippen LogP contribution in [0.25, 0.3) is 0 Å². The average Bonchev–Trinajstić information content (AvgIpc) is 2.71. The first kappa shape index (κ1) is 20.6. The number of thiocarbonyl (C=S) groups is 1. The van der Waals surface area contributed by atoms with Crippen LogP contribution >= 0.6 is 12.2 Å². The fraction of sp³-hybridized carbons (Fsp3) is 0.409. The van der Waals surface area contributed by atoms with Crippen LogP contribution in [-0.2, 0) is 0 Å². The van der Waals surface area contributed by atoms with E-state index in [-0.39, 0.29) is 6.04 Å². The van der Waals surface area contributed by atoms with Gasteiger partial charge in [0.1, 0.15) is 38.0 Å². The van der Waals surface area contributed by atoms with Crippen LogP contribution in [0.4, 0.5) is 5.69 Å². The summed E-state index contributed by atoms with van der Waals surface area (Å²) in [6.07, 6.45) is 0. The molecule has 0 saturated carbocycles. The summed E-state index contributed by atoms with van der Waals surface area (Å²) in [6.45, 7) is 6.98. The molecule has 0 aliphatic carbocycles.